The average Bonchev–Trinajstić information content (AvgIpc) is 3.39. The molecular weight excluding hydrogens is 475 g/mol. The third-order valence-electron chi connectivity index (χ3n) is 4.91. The van der Waals surface area contributed by atoms with E-state index in [0.717, 1.165) is 19.9 Å². The Bertz CT molecular complexity index is 1080. The Labute approximate surface area is 198 Å². The largest absolute Gasteiger partial charge is 0.340 e. The molecule has 0 saturated carbocycles. The first kappa shape index (κ1) is 22.2. The lowest BCUT2D eigenvalue weighted by Gasteiger charge is -2.34. The molecule has 0 aliphatic carbocycles. The lowest BCUT2D eigenvalue weighted by Crippen LogP contribution is -2.50. The van der Waals surface area contributed by atoms with E-state index in [1.807, 2.05) is 39.4 Å². The van der Waals surface area contributed by atoms with Gasteiger partial charge in [-0.05, 0) is 24.3 Å². The number of benzene rings is 1. The number of hydrogen-bond donors (Lipinski definition) is 1. The van der Waals surface area contributed by atoms with Crippen molar-refractivity contribution < 1.29 is 9.59 Å². The molecular formula is C21H20Cl2N4O2S2. The lowest BCUT2D eigenvalue weighted by molar-refractivity contribution is -0.132. The van der Waals surface area contributed by atoms with Crippen molar-refractivity contribution in [2.45, 2.75) is 6.42 Å². The fourth-order valence-electron chi connectivity index (χ4n) is 3.31. The summed E-state index contributed by atoms with van der Waals surface area (Å²) in [6.07, 6.45) is 0.280. The summed E-state index contributed by atoms with van der Waals surface area (Å²) in [4.78, 5) is 34.5. The van der Waals surface area contributed by atoms with Crippen molar-refractivity contribution in [2.75, 3.05) is 38.0 Å². The molecule has 10 heteroatoms. The molecule has 2 aromatic heterocycles. The van der Waals surface area contributed by atoms with Crippen LogP contribution in [0.1, 0.15) is 5.69 Å². The first-order chi connectivity index (χ1) is 15.0. The van der Waals surface area contributed by atoms with Gasteiger partial charge in [0.05, 0.1) is 38.6 Å². The van der Waals surface area contributed by atoms with Crippen molar-refractivity contribution in [1.29, 1.82) is 0 Å². The molecule has 3 aromatic rings. The number of amides is 2. The minimum absolute atomic E-state index is 0.0567. The number of carbonyl (C=O) groups excluding carboxylic acids is 2. The van der Waals surface area contributed by atoms with E-state index in [1.54, 1.807) is 12.1 Å². The number of anilines is 1. The molecule has 0 radical (unpaired) electrons. The van der Waals surface area contributed by atoms with Crippen LogP contribution < -0.4 is 5.32 Å². The summed E-state index contributed by atoms with van der Waals surface area (Å²) >= 11 is 15.1. The zero-order valence-corrected chi connectivity index (χ0v) is 19.7. The van der Waals surface area contributed by atoms with Gasteiger partial charge in [0.2, 0.25) is 11.8 Å². The molecule has 1 aliphatic rings. The zero-order chi connectivity index (χ0) is 21.8. The Morgan fingerprint density at radius 2 is 1.84 bits per heavy atom. The SMILES string of the molecule is O=C(CN1CCN(C(=O)Cc2csc(-c3ccc(Cl)s3)n2)CC1)Nc1ccccc1Cl. The summed E-state index contributed by atoms with van der Waals surface area (Å²) in [7, 11) is 0. The third kappa shape index (κ3) is 5.84. The van der Waals surface area contributed by atoms with E-state index in [-0.39, 0.29) is 24.8 Å². The van der Waals surface area contributed by atoms with Crippen molar-refractivity contribution in [3.63, 3.8) is 0 Å². The van der Waals surface area contributed by atoms with Crippen molar-refractivity contribution in [1.82, 2.24) is 14.8 Å². The van der Waals surface area contributed by atoms with Gasteiger partial charge in [0.1, 0.15) is 5.01 Å². The van der Waals surface area contributed by atoms with E-state index in [0.29, 0.717) is 36.9 Å². The molecule has 3 heterocycles. The molecule has 1 aliphatic heterocycles. The smallest absolute Gasteiger partial charge is 0.238 e. The minimum atomic E-state index is -0.114. The van der Waals surface area contributed by atoms with Gasteiger partial charge in [0, 0.05) is 31.6 Å². The number of para-hydroxylation sites is 1. The highest BCUT2D eigenvalue weighted by Gasteiger charge is 2.23. The fourth-order valence-corrected chi connectivity index (χ4v) is 5.43. The average molecular weight is 495 g/mol. The van der Waals surface area contributed by atoms with Crippen molar-refractivity contribution in [3.8, 4) is 9.88 Å². The van der Waals surface area contributed by atoms with Gasteiger partial charge in [-0.3, -0.25) is 14.5 Å². The second-order valence-electron chi connectivity index (χ2n) is 7.11. The summed E-state index contributed by atoms with van der Waals surface area (Å²) < 4.78 is 0.723. The highest BCUT2D eigenvalue weighted by atomic mass is 35.5. The molecule has 31 heavy (non-hydrogen) atoms. The number of hydrogen-bond acceptors (Lipinski definition) is 6. The number of thiazole rings is 1. The number of piperazine rings is 1. The Morgan fingerprint density at radius 3 is 2.55 bits per heavy atom. The van der Waals surface area contributed by atoms with Crippen LogP contribution in [-0.4, -0.2) is 59.3 Å². The molecule has 162 valence electrons. The third-order valence-corrected chi connectivity index (χ3v) is 7.53. The number of halogens is 2. The predicted molar refractivity (Wildman–Crippen MR) is 127 cm³/mol. The summed E-state index contributed by atoms with van der Waals surface area (Å²) in [5.41, 5.74) is 1.38. The Morgan fingerprint density at radius 1 is 1.06 bits per heavy atom. The van der Waals surface area contributed by atoms with Gasteiger partial charge in [0.25, 0.3) is 0 Å². The number of aromatic nitrogens is 1. The maximum atomic E-state index is 12.7. The standard InChI is InChI=1S/C21H20Cl2N4O2S2/c22-15-3-1-2-4-16(15)25-19(28)12-26-7-9-27(10-8-26)20(29)11-14-13-30-21(24-14)17-5-6-18(23)31-17/h1-6,13H,7-12H2,(H,25,28). The van der Waals surface area contributed by atoms with Gasteiger partial charge < -0.3 is 10.2 Å². The number of carbonyl (C=O) groups is 2. The molecule has 2 amide bonds. The van der Waals surface area contributed by atoms with E-state index in [9.17, 15) is 9.59 Å². The molecule has 1 fully saturated rings. The fraction of sp³-hybridized carbons (Fsp3) is 0.286. The van der Waals surface area contributed by atoms with Gasteiger partial charge >= 0.3 is 0 Å². The molecule has 1 saturated heterocycles. The second kappa shape index (κ2) is 10.1. The van der Waals surface area contributed by atoms with Crippen LogP contribution in [0.5, 0.6) is 0 Å². The van der Waals surface area contributed by atoms with Gasteiger partial charge in [-0.15, -0.1) is 22.7 Å². The summed E-state index contributed by atoms with van der Waals surface area (Å²) in [6.45, 7) is 2.76. The molecule has 0 spiro atoms. The number of thiophene rings is 1. The zero-order valence-electron chi connectivity index (χ0n) is 16.5. The molecule has 1 aromatic carbocycles. The van der Waals surface area contributed by atoms with Crippen LogP contribution in [0.25, 0.3) is 9.88 Å². The lowest BCUT2D eigenvalue weighted by atomic mass is 10.2. The van der Waals surface area contributed by atoms with Gasteiger partial charge in [-0.1, -0.05) is 35.3 Å². The van der Waals surface area contributed by atoms with Gasteiger partial charge in [-0.25, -0.2) is 4.98 Å². The molecule has 4 rings (SSSR count). The van der Waals surface area contributed by atoms with Crippen LogP contribution >= 0.6 is 45.9 Å². The van der Waals surface area contributed by atoms with E-state index < -0.39 is 0 Å². The summed E-state index contributed by atoms with van der Waals surface area (Å²) in [5.74, 6) is -0.0576. The predicted octanol–water partition coefficient (Wildman–Crippen LogP) is 4.50. The topological polar surface area (TPSA) is 65.5 Å². The van der Waals surface area contributed by atoms with Crippen LogP contribution in [0.3, 0.4) is 0 Å². The molecule has 0 atom stereocenters. The monoisotopic (exact) mass is 494 g/mol. The van der Waals surface area contributed by atoms with Gasteiger partial charge in [-0.2, -0.15) is 0 Å². The van der Waals surface area contributed by atoms with E-state index in [4.69, 9.17) is 23.2 Å². The summed E-state index contributed by atoms with van der Waals surface area (Å²) in [5, 5.41) is 6.16. The molecule has 0 unspecified atom stereocenters. The second-order valence-corrected chi connectivity index (χ2v) is 10.1. The molecule has 1 N–H and O–H groups in total. The highest BCUT2D eigenvalue weighted by Crippen LogP contribution is 2.33. The first-order valence-corrected chi connectivity index (χ1v) is 12.2. The quantitative estimate of drug-likeness (QED) is 0.547. The van der Waals surface area contributed by atoms with Crippen molar-refractivity contribution in [3.05, 3.63) is 56.8 Å². The number of nitrogens with one attached hydrogen (secondary N) is 1. The Kier molecular flexibility index (Phi) is 7.24. The van der Waals surface area contributed by atoms with Crippen LogP contribution in [0.15, 0.2) is 41.8 Å². The Balaban J connectivity index is 1.24. The highest BCUT2D eigenvalue weighted by molar-refractivity contribution is 7.23. The van der Waals surface area contributed by atoms with Crippen molar-refractivity contribution >= 4 is 63.4 Å². The minimum Gasteiger partial charge on any atom is -0.340 e. The van der Waals surface area contributed by atoms with E-state index in [2.05, 4.69) is 10.3 Å². The van der Waals surface area contributed by atoms with Crippen LogP contribution in [-0.2, 0) is 16.0 Å². The van der Waals surface area contributed by atoms with E-state index in [1.165, 1.54) is 22.7 Å². The maximum absolute atomic E-state index is 12.7. The van der Waals surface area contributed by atoms with E-state index >= 15 is 0 Å². The number of nitrogens with zero attached hydrogens (tertiary/aromatic N) is 3. The summed E-state index contributed by atoms with van der Waals surface area (Å²) in [6, 6.07) is 10.9. The normalized spacial score (nSPS) is 14.6. The number of rotatable bonds is 6. The van der Waals surface area contributed by atoms with Crippen LogP contribution in [0.2, 0.25) is 9.36 Å². The maximum Gasteiger partial charge on any atom is 0.238 e. The Hall–Kier alpha value is -1.97. The molecule has 0 bridgehead atoms. The van der Waals surface area contributed by atoms with Crippen molar-refractivity contribution in [2.24, 2.45) is 0 Å². The first-order valence-electron chi connectivity index (χ1n) is 9.72. The molecule has 6 nitrogen and oxygen atoms in total. The van der Waals surface area contributed by atoms with Crippen LogP contribution in [0, 0.1) is 0 Å². The van der Waals surface area contributed by atoms with Gasteiger partial charge in [0.15, 0.2) is 0 Å². The van der Waals surface area contributed by atoms with Crippen LogP contribution in [0.4, 0.5) is 5.69 Å².